The maximum absolute atomic E-state index is 9.96. The SMILES string of the molecule is CCCCCCC(=O)O.CCP(CC)CC.[NaH]. The molecule has 0 aliphatic carbocycles. The summed E-state index contributed by atoms with van der Waals surface area (Å²) in [5.41, 5.74) is 0. The van der Waals surface area contributed by atoms with Gasteiger partial charge in [0, 0.05) is 6.42 Å². The first-order valence-electron chi connectivity index (χ1n) is 6.56. The van der Waals surface area contributed by atoms with Gasteiger partial charge >= 0.3 is 35.5 Å². The Balaban J connectivity index is -0.000000224. The normalized spacial score (nSPS) is 9.24. The molecule has 0 saturated carbocycles. The summed E-state index contributed by atoms with van der Waals surface area (Å²) in [6, 6.07) is 0. The second-order valence-electron chi connectivity index (χ2n) is 3.82. The van der Waals surface area contributed by atoms with Gasteiger partial charge in [0.25, 0.3) is 0 Å². The molecule has 0 aliphatic rings. The summed E-state index contributed by atoms with van der Waals surface area (Å²) in [6.07, 6.45) is 8.81. The van der Waals surface area contributed by atoms with Crippen molar-refractivity contribution in [2.45, 2.75) is 59.8 Å². The second-order valence-corrected chi connectivity index (χ2v) is 7.06. The van der Waals surface area contributed by atoms with Crippen LogP contribution >= 0.6 is 7.92 Å². The molecule has 0 unspecified atom stereocenters. The Bertz CT molecular complexity index is 145. The zero-order valence-corrected chi connectivity index (χ0v) is 12.4. The zero-order chi connectivity index (χ0) is 12.8. The van der Waals surface area contributed by atoms with E-state index in [1.165, 1.54) is 24.9 Å². The monoisotopic (exact) mass is 272 g/mol. The maximum atomic E-state index is 9.96. The van der Waals surface area contributed by atoms with E-state index in [0.717, 1.165) is 19.3 Å². The van der Waals surface area contributed by atoms with E-state index in [9.17, 15) is 4.79 Å². The average molecular weight is 272 g/mol. The van der Waals surface area contributed by atoms with E-state index in [2.05, 4.69) is 27.7 Å². The average Bonchev–Trinajstić information content (AvgIpc) is 2.28. The van der Waals surface area contributed by atoms with Gasteiger partial charge in [-0.3, -0.25) is 4.79 Å². The summed E-state index contributed by atoms with van der Waals surface area (Å²) < 4.78 is 0. The van der Waals surface area contributed by atoms with Gasteiger partial charge < -0.3 is 5.11 Å². The van der Waals surface area contributed by atoms with Crippen LogP contribution in [0.4, 0.5) is 0 Å². The molecule has 17 heavy (non-hydrogen) atoms. The van der Waals surface area contributed by atoms with Crippen LogP contribution in [0.1, 0.15) is 59.8 Å². The van der Waals surface area contributed by atoms with E-state index in [1.54, 1.807) is 0 Å². The number of carbonyl (C=O) groups is 1. The quantitative estimate of drug-likeness (QED) is 0.413. The van der Waals surface area contributed by atoms with Gasteiger partial charge in [-0.15, -0.1) is 7.92 Å². The standard InChI is InChI=1S/C7H14O2.C6H15P.Na.H/c1-2-3-4-5-6-7(8)9;1-4-7(5-2)6-3;;/h2-6H2,1H3,(H,8,9);4-6H2,1-3H3;;. The van der Waals surface area contributed by atoms with E-state index in [4.69, 9.17) is 5.11 Å². The van der Waals surface area contributed by atoms with E-state index in [0.29, 0.717) is 14.3 Å². The first kappa shape index (κ1) is 23.0. The van der Waals surface area contributed by atoms with Crippen molar-refractivity contribution >= 4 is 43.4 Å². The first-order chi connectivity index (χ1) is 7.62. The summed E-state index contributed by atoms with van der Waals surface area (Å²) in [6.45, 7) is 8.98. The third kappa shape index (κ3) is 22.5. The van der Waals surface area contributed by atoms with Crippen molar-refractivity contribution in [1.82, 2.24) is 0 Å². The van der Waals surface area contributed by atoms with Crippen LogP contribution in [0.5, 0.6) is 0 Å². The summed E-state index contributed by atoms with van der Waals surface area (Å²) >= 11 is 0. The van der Waals surface area contributed by atoms with Crippen LogP contribution < -0.4 is 0 Å². The second kappa shape index (κ2) is 19.2. The van der Waals surface area contributed by atoms with Crippen molar-refractivity contribution in [2.24, 2.45) is 0 Å². The molecule has 0 aliphatic heterocycles. The van der Waals surface area contributed by atoms with Gasteiger partial charge in [0.05, 0.1) is 0 Å². The number of hydrogen-bond donors (Lipinski definition) is 1. The van der Waals surface area contributed by atoms with E-state index < -0.39 is 5.97 Å². The number of carboxylic acid groups (broad SMARTS) is 1. The first-order valence-corrected chi connectivity index (χ1v) is 8.46. The summed E-state index contributed by atoms with van der Waals surface area (Å²) in [4.78, 5) is 9.96. The molecule has 2 nitrogen and oxygen atoms in total. The van der Waals surface area contributed by atoms with Gasteiger partial charge in [-0.1, -0.05) is 47.0 Å². The molecule has 4 heteroatoms. The Hall–Kier alpha value is 0.900. The fourth-order valence-electron chi connectivity index (χ4n) is 1.37. The molecule has 0 aromatic carbocycles. The van der Waals surface area contributed by atoms with Crippen LogP contribution in [0.25, 0.3) is 0 Å². The van der Waals surface area contributed by atoms with Crippen LogP contribution in [0.15, 0.2) is 0 Å². The van der Waals surface area contributed by atoms with E-state index in [1.807, 2.05) is 0 Å². The van der Waals surface area contributed by atoms with Crippen LogP contribution in [0.2, 0.25) is 0 Å². The molecule has 1 N–H and O–H groups in total. The Kier molecular flexibility index (Phi) is 26.1. The summed E-state index contributed by atoms with van der Waals surface area (Å²) in [5, 5.41) is 8.21. The molecule has 0 spiro atoms. The molecule has 0 bridgehead atoms. The molecule has 0 radical (unpaired) electrons. The number of aliphatic carboxylic acids is 1. The number of carboxylic acids is 1. The fraction of sp³-hybridized carbons (Fsp3) is 0.923. The van der Waals surface area contributed by atoms with Crippen LogP contribution in [0, 0.1) is 0 Å². The number of unbranched alkanes of at least 4 members (excludes halogenated alkanes) is 3. The summed E-state index contributed by atoms with van der Waals surface area (Å²) in [5.74, 6) is -0.675. The molecule has 0 fully saturated rings. The molecule has 0 rings (SSSR count). The molecule has 0 saturated heterocycles. The van der Waals surface area contributed by atoms with E-state index in [-0.39, 0.29) is 29.6 Å². The molecular formula is C13H30NaO2P. The Morgan fingerprint density at radius 1 is 0.941 bits per heavy atom. The molecule has 100 valence electrons. The molecular weight excluding hydrogens is 242 g/mol. The number of hydrogen-bond acceptors (Lipinski definition) is 1. The van der Waals surface area contributed by atoms with Gasteiger partial charge in [0.1, 0.15) is 0 Å². The van der Waals surface area contributed by atoms with Crippen molar-refractivity contribution in [2.75, 3.05) is 18.5 Å². The van der Waals surface area contributed by atoms with Crippen molar-refractivity contribution in [1.29, 1.82) is 0 Å². The van der Waals surface area contributed by atoms with Crippen molar-refractivity contribution in [3.8, 4) is 0 Å². The third-order valence-corrected chi connectivity index (χ3v) is 5.27. The van der Waals surface area contributed by atoms with Gasteiger partial charge in [0.2, 0.25) is 0 Å². The van der Waals surface area contributed by atoms with Crippen LogP contribution in [-0.2, 0) is 4.79 Å². The Labute approximate surface area is 131 Å². The molecule has 0 amide bonds. The minimum atomic E-state index is -0.675. The van der Waals surface area contributed by atoms with Crippen LogP contribution in [-0.4, -0.2) is 59.1 Å². The van der Waals surface area contributed by atoms with Gasteiger partial charge in [-0.05, 0) is 24.9 Å². The Morgan fingerprint density at radius 2 is 1.41 bits per heavy atom. The van der Waals surface area contributed by atoms with Gasteiger partial charge in [0.15, 0.2) is 0 Å². The third-order valence-electron chi connectivity index (χ3n) is 2.59. The fourth-order valence-corrected chi connectivity index (χ4v) is 2.72. The Morgan fingerprint density at radius 3 is 1.65 bits per heavy atom. The van der Waals surface area contributed by atoms with E-state index >= 15 is 0 Å². The van der Waals surface area contributed by atoms with Crippen molar-refractivity contribution < 1.29 is 9.90 Å². The predicted molar refractivity (Wildman–Crippen MR) is 82.1 cm³/mol. The molecule has 0 aromatic rings. The van der Waals surface area contributed by atoms with Crippen molar-refractivity contribution in [3.63, 3.8) is 0 Å². The molecule has 0 atom stereocenters. The van der Waals surface area contributed by atoms with Crippen LogP contribution in [0.3, 0.4) is 0 Å². The van der Waals surface area contributed by atoms with Gasteiger partial charge in [-0.2, -0.15) is 0 Å². The zero-order valence-electron chi connectivity index (χ0n) is 11.5. The topological polar surface area (TPSA) is 37.3 Å². The minimum absolute atomic E-state index is 0. The van der Waals surface area contributed by atoms with Gasteiger partial charge in [-0.25, -0.2) is 0 Å². The predicted octanol–water partition coefficient (Wildman–Crippen LogP) is 3.92. The van der Waals surface area contributed by atoms with Crippen molar-refractivity contribution in [3.05, 3.63) is 0 Å². The molecule has 0 aromatic heterocycles. The number of rotatable bonds is 8. The molecule has 0 heterocycles. The summed E-state index contributed by atoms with van der Waals surface area (Å²) in [7, 11) is 0.446.